The van der Waals surface area contributed by atoms with E-state index < -0.39 is 16.1 Å². The molecule has 1 aliphatic rings. The summed E-state index contributed by atoms with van der Waals surface area (Å²) in [5, 5.41) is 0.973. The minimum Gasteiger partial charge on any atom is -0.378 e. The van der Waals surface area contributed by atoms with Crippen LogP contribution in [0.15, 0.2) is 53.6 Å². The molecule has 164 valence electrons. The largest absolute Gasteiger partial charge is 0.378 e. The van der Waals surface area contributed by atoms with Gasteiger partial charge in [0.1, 0.15) is 10.9 Å². The lowest BCUT2D eigenvalue weighted by atomic mass is 10.0. The zero-order valence-corrected chi connectivity index (χ0v) is 18.8. The first-order chi connectivity index (χ1) is 14.9. The second-order valence-electron chi connectivity index (χ2n) is 7.23. The number of fused-ring (bicyclic) bond motifs is 1. The van der Waals surface area contributed by atoms with Gasteiger partial charge in [-0.15, -0.1) is 0 Å². The Hall–Kier alpha value is -2.10. The van der Waals surface area contributed by atoms with Crippen molar-refractivity contribution in [2.24, 2.45) is 0 Å². The number of morpholine rings is 1. The standard InChI is InChI=1S/C21H21Cl2N3O4S/c22-16-5-3-7-19(20(16)23)31(28,29)25-18(21(27)26-8-10-30-11-9-26)12-14-13-24-17-6-2-1-4-15(14)17/h1-7,13,18,24-25H,8-12H2. The molecular formula is C21H21Cl2N3O4S. The van der Waals surface area contributed by atoms with Crippen LogP contribution in [0.3, 0.4) is 0 Å². The number of nitrogens with one attached hydrogen (secondary N) is 2. The van der Waals surface area contributed by atoms with Crippen LogP contribution in [-0.4, -0.2) is 56.6 Å². The monoisotopic (exact) mass is 481 g/mol. The van der Waals surface area contributed by atoms with Gasteiger partial charge in [-0.05, 0) is 30.2 Å². The van der Waals surface area contributed by atoms with Gasteiger partial charge in [0.05, 0.1) is 23.3 Å². The first-order valence-electron chi connectivity index (χ1n) is 9.74. The van der Waals surface area contributed by atoms with Crippen molar-refractivity contribution in [3.63, 3.8) is 0 Å². The highest BCUT2D eigenvalue weighted by Gasteiger charge is 2.32. The number of sulfonamides is 1. The Morgan fingerprint density at radius 3 is 2.65 bits per heavy atom. The first-order valence-corrected chi connectivity index (χ1v) is 12.0. The van der Waals surface area contributed by atoms with E-state index in [9.17, 15) is 13.2 Å². The van der Waals surface area contributed by atoms with Gasteiger partial charge in [-0.2, -0.15) is 4.72 Å². The molecule has 1 unspecified atom stereocenters. The Morgan fingerprint density at radius 2 is 1.87 bits per heavy atom. The minimum atomic E-state index is -4.11. The van der Waals surface area contributed by atoms with Gasteiger partial charge in [-0.3, -0.25) is 4.79 Å². The molecule has 2 aromatic carbocycles. The molecule has 1 atom stereocenters. The van der Waals surface area contributed by atoms with Crippen LogP contribution in [0.1, 0.15) is 5.56 Å². The maximum absolute atomic E-state index is 13.3. The molecule has 4 rings (SSSR count). The number of hydrogen-bond acceptors (Lipinski definition) is 4. The fourth-order valence-corrected chi connectivity index (χ4v) is 5.60. The summed E-state index contributed by atoms with van der Waals surface area (Å²) in [6, 6.07) is 11.0. The Kier molecular flexibility index (Phi) is 6.55. The number of nitrogens with zero attached hydrogens (tertiary/aromatic N) is 1. The molecule has 1 amide bonds. The number of aromatic amines is 1. The SMILES string of the molecule is O=C(C(Cc1c[nH]c2ccccc12)NS(=O)(=O)c1cccc(Cl)c1Cl)N1CCOCC1. The van der Waals surface area contributed by atoms with E-state index in [1.165, 1.54) is 18.2 Å². The molecule has 3 aromatic rings. The van der Waals surface area contributed by atoms with Crippen molar-refractivity contribution >= 4 is 50.0 Å². The van der Waals surface area contributed by atoms with Crippen LogP contribution >= 0.6 is 23.2 Å². The Balaban J connectivity index is 1.67. The molecule has 0 saturated carbocycles. The summed E-state index contributed by atoms with van der Waals surface area (Å²) in [6.45, 7) is 1.64. The fourth-order valence-electron chi connectivity index (χ4n) is 3.65. The van der Waals surface area contributed by atoms with Gasteiger partial charge in [0.2, 0.25) is 15.9 Å². The smallest absolute Gasteiger partial charge is 0.242 e. The molecule has 31 heavy (non-hydrogen) atoms. The van der Waals surface area contributed by atoms with E-state index in [0.717, 1.165) is 16.5 Å². The van der Waals surface area contributed by atoms with E-state index in [1.54, 1.807) is 11.1 Å². The molecule has 0 aliphatic carbocycles. The number of amides is 1. The molecule has 1 aliphatic heterocycles. The number of carbonyl (C=O) groups excluding carboxylic acids is 1. The molecule has 1 fully saturated rings. The summed E-state index contributed by atoms with van der Waals surface area (Å²) in [7, 11) is -4.11. The molecule has 1 saturated heterocycles. The molecular weight excluding hydrogens is 461 g/mol. The topological polar surface area (TPSA) is 91.5 Å². The highest BCUT2D eigenvalue weighted by atomic mass is 35.5. The highest BCUT2D eigenvalue weighted by Crippen LogP contribution is 2.29. The lowest BCUT2D eigenvalue weighted by Crippen LogP contribution is -2.52. The molecule has 2 heterocycles. The number of rotatable bonds is 6. The third-order valence-corrected chi connectivity index (χ3v) is 7.67. The third-order valence-electron chi connectivity index (χ3n) is 5.22. The number of H-pyrrole nitrogens is 1. The molecule has 10 heteroatoms. The van der Waals surface area contributed by atoms with E-state index in [0.29, 0.717) is 26.3 Å². The van der Waals surface area contributed by atoms with Crippen LogP contribution in [0.25, 0.3) is 10.9 Å². The summed E-state index contributed by atoms with van der Waals surface area (Å²) in [6.07, 6.45) is 1.97. The zero-order chi connectivity index (χ0) is 22.0. The van der Waals surface area contributed by atoms with Gasteiger partial charge < -0.3 is 14.6 Å². The van der Waals surface area contributed by atoms with Gasteiger partial charge >= 0.3 is 0 Å². The van der Waals surface area contributed by atoms with Crippen molar-refractivity contribution in [1.82, 2.24) is 14.6 Å². The second kappa shape index (κ2) is 9.18. The molecule has 7 nitrogen and oxygen atoms in total. The lowest BCUT2D eigenvalue weighted by molar-refractivity contribution is -0.137. The number of para-hydroxylation sites is 1. The average molecular weight is 482 g/mol. The van der Waals surface area contributed by atoms with Crippen molar-refractivity contribution < 1.29 is 17.9 Å². The van der Waals surface area contributed by atoms with Gasteiger partial charge in [-0.1, -0.05) is 47.5 Å². The van der Waals surface area contributed by atoms with Crippen molar-refractivity contribution in [3.8, 4) is 0 Å². The number of carbonyl (C=O) groups is 1. The zero-order valence-electron chi connectivity index (χ0n) is 16.5. The lowest BCUT2D eigenvalue weighted by Gasteiger charge is -2.30. The van der Waals surface area contributed by atoms with E-state index in [2.05, 4.69) is 9.71 Å². The summed E-state index contributed by atoms with van der Waals surface area (Å²) < 4.78 is 34.2. The second-order valence-corrected chi connectivity index (χ2v) is 9.69. The molecule has 0 spiro atoms. The van der Waals surface area contributed by atoms with Crippen molar-refractivity contribution in [2.75, 3.05) is 26.3 Å². The summed E-state index contributed by atoms with van der Waals surface area (Å²) in [5.41, 5.74) is 1.75. The predicted octanol–water partition coefficient (Wildman–Crippen LogP) is 3.22. The molecule has 0 radical (unpaired) electrons. The number of hydrogen-bond donors (Lipinski definition) is 2. The Labute approximate surface area is 190 Å². The average Bonchev–Trinajstić information content (AvgIpc) is 3.18. The Bertz CT molecular complexity index is 1210. The van der Waals surface area contributed by atoms with Crippen molar-refractivity contribution in [1.29, 1.82) is 0 Å². The number of halogens is 2. The van der Waals surface area contributed by atoms with Crippen LogP contribution in [0.4, 0.5) is 0 Å². The fraction of sp³-hybridized carbons (Fsp3) is 0.286. The predicted molar refractivity (Wildman–Crippen MR) is 120 cm³/mol. The van der Waals surface area contributed by atoms with E-state index in [-0.39, 0.29) is 27.3 Å². The van der Waals surface area contributed by atoms with Crippen molar-refractivity contribution in [3.05, 3.63) is 64.3 Å². The third kappa shape index (κ3) is 4.73. The van der Waals surface area contributed by atoms with Crippen LogP contribution in [-0.2, 0) is 26.0 Å². The van der Waals surface area contributed by atoms with E-state index >= 15 is 0 Å². The summed E-state index contributed by atoms with van der Waals surface area (Å²) >= 11 is 12.1. The quantitative estimate of drug-likeness (QED) is 0.565. The molecule has 0 bridgehead atoms. The normalized spacial score (nSPS) is 15.9. The highest BCUT2D eigenvalue weighted by molar-refractivity contribution is 7.89. The van der Waals surface area contributed by atoms with Gasteiger partial charge in [-0.25, -0.2) is 8.42 Å². The van der Waals surface area contributed by atoms with Gasteiger partial charge in [0, 0.05) is 30.2 Å². The van der Waals surface area contributed by atoms with Crippen LogP contribution in [0, 0.1) is 0 Å². The molecule has 1 aromatic heterocycles. The minimum absolute atomic E-state index is 0.0821. The summed E-state index contributed by atoms with van der Waals surface area (Å²) in [4.78, 5) is 17.9. The number of aromatic nitrogens is 1. The van der Waals surface area contributed by atoms with Gasteiger partial charge in [0.25, 0.3) is 0 Å². The maximum Gasteiger partial charge on any atom is 0.242 e. The van der Waals surface area contributed by atoms with Crippen LogP contribution in [0.2, 0.25) is 10.0 Å². The Morgan fingerprint density at radius 1 is 1.13 bits per heavy atom. The molecule has 2 N–H and O–H groups in total. The van der Waals surface area contributed by atoms with E-state index in [1.807, 2.05) is 24.3 Å². The van der Waals surface area contributed by atoms with Crippen molar-refractivity contribution in [2.45, 2.75) is 17.4 Å². The maximum atomic E-state index is 13.3. The van der Waals surface area contributed by atoms with Gasteiger partial charge in [0.15, 0.2) is 0 Å². The number of ether oxygens (including phenoxy) is 1. The van der Waals surface area contributed by atoms with E-state index in [4.69, 9.17) is 27.9 Å². The number of benzene rings is 2. The van der Waals surface area contributed by atoms with Crippen LogP contribution in [0.5, 0.6) is 0 Å². The first kappa shape index (κ1) is 22.1. The summed E-state index contributed by atoms with van der Waals surface area (Å²) in [5.74, 6) is -0.310. The van der Waals surface area contributed by atoms with Crippen LogP contribution < -0.4 is 4.72 Å².